The Morgan fingerprint density at radius 3 is 2.86 bits per heavy atom. The molecular weight excluding hydrogens is 312 g/mol. The minimum Gasteiger partial charge on any atom is -0.480 e. The summed E-state index contributed by atoms with van der Waals surface area (Å²) in [6.07, 6.45) is 1.65. The molecule has 110 valence electrons. The lowest BCUT2D eigenvalue weighted by atomic mass is 10.2. The maximum atomic E-state index is 11.1. The lowest BCUT2D eigenvalue weighted by molar-refractivity contribution is -0.140. The summed E-state index contributed by atoms with van der Waals surface area (Å²) in [5.41, 5.74) is 0.749. The number of hydrogen-bond acceptors (Lipinski definition) is 4. The fourth-order valence-electron chi connectivity index (χ4n) is 1.81. The number of carbonyl (C=O) groups is 2. The lowest BCUT2D eigenvalue weighted by Crippen LogP contribution is -2.41. The van der Waals surface area contributed by atoms with Gasteiger partial charge in [0, 0.05) is 34.2 Å². The van der Waals surface area contributed by atoms with Crippen molar-refractivity contribution in [1.29, 1.82) is 0 Å². The Labute approximate surface area is 130 Å². The highest BCUT2D eigenvalue weighted by atomic mass is 35.5. The predicted octanol–water partition coefficient (Wildman–Crippen LogP) is 2.57. The molecule has 2 rings (SSSR count). The molecule has 21 heavy (non-hydrogen) atoms. The number of fused-ring (bicyclic) bond motifs is 1. The summed E-state index contributed by atoms with van der Waals surface area (Å²) in [7, 11) is 0. The van der Waals surface area contributed by atoms with E-state index in [9.17, 15) is 9.59 Å². The average molecular weight is 325 g/mol. The second kappa shape index (κ2) is 6.78. The van der Waals surface area contributed by atoms with Gasteiger partial charge >= 0.3 is 5.97 Å². The highest BCUT2D eigenvalue weighted by molar-refractivity contribution is 7.99. The van der Waals surface area contributed by atoms with E-state index >= 15 is 0 Å². The van der Waals surface area contributed by atoms with Crippen LogP contribution in [-0.2, 0) is 9.59 Å². The molecule has 7 heteroatoms. The van der Waals surface area contributed by atoms with E-state index < -0.39 is 12.0 Å². The van der Waals surface area contributed by atoms with Crippen LogP contribution in [0.15, 0.2) is 35.4 Å². The van der Waals surface area contributed by atoms with Crippen molar-refractivity contribution in [1.82, 2.24) is 10.3 Å². The van der Waals surface area contributed by atoms with Crippen LogP contribution in [-0.4, -0.2) is 33.8 Å². The third-order valence-corrected chi connectivity index (χ3v) is 4.15. The molecule has 0 saturated carbocycles. The van der Waals surface area contributed by atoms with Gasteiger partial charge in [-0.3, -0.25) is 9.78 Å². The Morgan fingerprint density at radius 2 is 2.19 bits per heavy atom. The van der Waals surface area contributed by atoms with Gasteiger partial charge in [-0.1, -0.05) is 17.7 Å². The minimum absolute atomic E-state index is 0.233. The second-order valence-corrected chi connectivity index (χ2v) is 5.87. The average Bonchev–Trinajstić information content (AvgIpc) is 2.42. The number of carboxylic acids is 1. The van der Waals surface area contributed by atoms with Gasteiger partial charge in [-0.15, -0.1) is 11.8 Å². The van der Waals surface area contributed by atoms with E-state index in [1.807, 2.05) is 12.1 Å². The van der Waals surface area contributed by atoms with E-state index in [0.717, 1.165) is 15.8 Å². The van der Waals surface area contributed by atoms with Crippen LogP contribution in [0.25, 0.3) is 10.9 Å². The molecule has 1 amide bonds. The minimum atomic E-state index is -1.06. The van der Waals surface area contributed by atoms with Gasteiger partial charge in [-0.05, 0) is 18.2 Å². The van der Waals surface area contributed by atoms with Crippen LogP contribution in [0.5, 0.6) is 0 Å². The van der Waals surface area contributed by atoms with E-state index in [2.05, 4.69) is 10.3 Å². The van der Waals surface area contributed by atoms with Crippen LogP contribution >= 0.6 is 23.4 Å². The number of thioether (sulfide) groups is 1. The molecule has 0 saturated heterocycles. The molecule has 0 aliphatic rings. The van der Waals surface area contributed by atoms with Crippen molar-refractivity contribution in [2.75, 3.05) is 5.75 Å². The molecule has 1 aromatic heterocycles. The zero-order valence-electron chi connectivity index (χ0n) is 11.2. The predicted molar refractivity (Wildman–Crippen MR) is 82.7 cm³/mol. The van der Waals surface area contributed by atoms with Gasteiger partial charge in [0.25, 0.3) is 0 Å². The smallest absolute Gasteiger partial charge is 0.327 e. The number of aliphatic carboxylic acids is 1. The molecule has 2 N–H and O–H groups in total. The van der Waals surface area contributed by atoms with Crippen LogP contribution in [0.4, 0.5) is 0 Å². The van der Waals surface area contributed by atoms with E-state index in [4.69, 9.17) is 16.7 Å². The molecule has 1 heterocycles. The van der Waals surface area contributed by atoms with Crippen LogP contribution in [0, 0.1) is 0 Å². The molecular formula is C14H13ClN2O3S. The van der Waals surface area contributed by atoms with Crippen LogP contribution in [0.1, 0.15) is 6.92 Å². The normalized spacial score (nSPS) is 12.1. The van der Waals surface area contributed by atoms with Crippen molar-refractivity contribution < 1.29 is 14.7 Å². The zero-order chi connectivity index (χ0) is 15.4. The molecule has 0 aliphatic carbocycles. The Balaban J connectivity index is 2.19. The molecule has 5 nitrogen and oxygen atoms in total. The SMILES string of the molecule is CC(=O)N[C@@H](CSc1ccnc2cc(Cl)ccc12)C(=O)O. The summed E-state index contributed by atoms with van der Waals surface area (Å²) in [4.78, 5) is 27.2. The molecule has 0 radical (unpaired) electrons. The Kier molecular flexibility index (Phi) is 5.03. The molecule has 0 unspecified atom stereocenters. The quantitative estimate of drug-likeness (QED) is 0.826. The van der Waals surface area contributed by atoms with Crippen molar-refractivity contribution in [2.24, 2.45) is 0 Å². The first kappa shape index (κ1) is 15.6. The van der Waals surface area contributed by atoms with Gasteiger partial charge in [-0.2, -0.15) is 0 Å². The molecule has 0 fully saturated rings. The van der Waals surface area contributed by atoms with Crippen molar-refractivity contribution in [3.05, 3.63) is 35.5 Å². The molecule has 1 atom stereocenters. The van der Waals surface area contributed by atoms with Crippen molar-refractivity contribution in [3.8, 4) is 0 Å². The monoisotopic (exact) mass is 324 g/mol. The standard InChI is InChI=1S/C14H13ClN2O3S/c1-8(18)17-12(14(19)20)7-21-13-4-5-16-11-6-9(15)2-3-10(11)13/h2-6,12H,7H2,1H3,(H,17,18)(H,19,20)/t12-/m0/s1. The maximum Gasteiger partial charge on any atom is 0.327 e. The van der Waals surface area contributed by atoms with E-state index in [0.29, 0.717) is 5.02 Å². The number of carboxylic acid groups (broad SMARTS) is 1. The first-order valence-corrected chi connectivity index (χ1v) is 7.50. The van der Waals surface area contributed by atoms with Gasteiger partial charge in [0.05, 0.1) is 5.52 Å². The number of rotatable bonds is 5. The molecule has 1 aromatic carbocycles. The first-order valence-electron chi connectivity index (χ1n) is 6.14. The van der Waals surface area contributed by atoms with Gasteiger partial charge < -0.3 is 10.4 Å². The van der Waals surface area contributed by atoms with Crippen molar-refractivity contribution in [2.45, 2.75) is 17.9 Å². The highest BCUT2D eigenvalue weighted by Gasteiger charge is 2.19. The summed E-state index contributed by atoms with van der Waals surface area (Å²) >= 11 is 7.28. The van der Waals surface area contributed by atoms with Crippen LogP contribution in [0.3, 0.4) is 0 Å². The fourth-order valence-corrected chi connectivity index (χ4v) is 3.04. The molecule has 0 spiro atoms. The van der Waals surface area contributed by atoms with Crippen LogP contribution < -0.4 is 5.32 Å². The van der Waals surface area contributed by atoms with Gasteiger partial charge in [0.2, 0.25) is 5.91 Å². The number of benzene rings is 1. The Hall–Kier alpha value is -1.79. The van der Waals surface area contributed by atoms with Crippen molar-refractivity contribution in [3.63, 3.8) is 0 Å². The maximum absolute atomic E-state index is 11.1. The third kappa shape index (κ3) is 4.09. The number of halogens is 1. The molecule has 2 aromatic rings. The fraction of sp³-hybridized carbons (Fsp3) is 0.214. The van der Waals surface area contributed by atoms with Gasteiger partial charge in [-0.25, -0.2) is 4.79 Å². The number of pyridine rings is 1. The Morgan fingerprint density at radius 1 is 1.43 bits per heavy atom. The van der Waals surface area contributed by atoms with E-state index in [1.165, 1.54) is 18.7 Å². The van der Waals surface area contributed by atoms with Crippen molar-refractivity contribution >= 4 is 46.1 Å². The summed E-state index contributed by atoms with van der Waals surface area (Å²) < 4.78 is 0. The Bertz CT molecular complexity index is 693. The number of amides is 1. The van der Waals surface area contributed by atoms with E-state index in [1.54, 1.807) is 18.3 Å². The number of carbonyl (C=O) groups excluding carboxylic acids is 1. The van der Waals surface area contributed by atoms with Gasteiger partial charge in [0.1, 0.15) is 6.04 Å². The third-order valence-electron chi connectivity index (χ3n) is 2.75. The summed E-state index contributed by atoms with van der Waals surface area (Å²) in [6.45, 7) is 1.30. The highest BCUT2D eigenvalue weighted by Crippen LogP contribution is 2.28. The first-order chi connectivity index (χ1) is 9.97. The molecule has 0 bridgehead atoms. The number of nitrogens with one attached hydrogen (secondary N) is 1. The summed E-state index contributed by atoms with van der Waals surface area (Å²) in [5, 5.41) is 13.0. The summed E-state index contributed by atoms with van der Waals surface area (Å²) in [5.74, 6) is -1.19. The number of aromatic nitrogens is 1. The number of hydrogen-bond donors (Lipinski definition) is 2. The summed E-state index contributed by atoms with van der Waals surface area (Å²) in [6, 6.07) is 6.25. The zero-order valence-corrected chi connectivity index (χ0v) is 12.7. The van der Waals surface area contributed by atoms with Gasteiger partial charge in [0.15, 0.2) is 0 Å². The molecule has 0 aliphatic heterocycles. The topological polar surface area (TPSA) is 79.3 Å². The second-order valence-electron chi connectivity index (χ2n) is 4.37. The lowest BCUT2D eigenvalue weighted by Gasteiger charge is -2.13. The largest absolute Gasteiger partial charge is 0.480 e. The van der Waals surface area contributed by atoms with Crippen LogP contribution in [0.2, 0.25) is 5.02 Å². The number of nitrogens with zero attached hydrogens (tertiary/aromatic N) is 1. The van der Waals surface area contributed by atoms with E-state index in [-0.39, 0.29) is 11.7 Å².